The summed E-state index contributed by atoms with van der Waals surface area (Å²) in [5, 5.41) is 0. The molecular formula is C47H92NO7P. The largest absolute Gasteiger partial charge is 0.472 e. The van der Waals surface area contributed by atoms with Gasteiger partial charge in [-0.1, -0.05) is 205 Å². The second-order valence-corrected chi connectivity index (χ2v) is 17.4. The number of carbonyl (C=O) groups excluding carboxylic acids is 1. The SMILES string of the molecule is CCCCCC/C=C\C/C=C\CCCCCCCCOCC(COP(=O)(O)OCCN)OC(=O)CCCCCCCCCCCCCCCCCCCCCC. The van der Waals surface area contributed by atoms with Gasteiger partial charge in [0.05, 0.1) is 19.8 Å². The molecule has 0 radical (unpaired) electrons. The van der Waals surface area contributed by atoms with E-state index in [1.807, 2.05) is 0 Å². The number of ether oxygens (including phenoxy) is 2. The van der Waals surface area contributed by atoms with E-state index < -0.39 is 13.9 Å². The Balaban J connectivity index is 3.96. The Morgan fingerprint density at radius 2 is 0.946 bits per heavy atom. The number of carbonyl (C=O) groups is 1. The van der Waals surface area contributed by atoms with E-state index in [0.717, 1.165) is 44.9 Å². The lowest BCUT2D eigenvalue weighted by Crippen LogP contribution is -2.28. The molecule has 0 spiro atoms. The first-order valence-corrected chi connectivity index (χ1v) is 25.3. The zero-order valence-corrected chi connectivity index (χ0v) is 37.8. The minimum absolute atomic E-state index is 0.0955. The van der Waals surface area contributed by atoms with Gasteiger partial charge in [0.15, 0.2) is 0 Å². The number of allylic oxidation sites excluding steroid dienone is 4. The maximum atomic E-state index is 12.6. The van der Waals surface area contributed by atoms with Crippen LogP contribution < -0.4 is 5.73 Å². The van der Waals surface area contributed by atoms with Gasteiger partial charge in [-0.05, 0) is 44.9 Å². The molecular weight excluding hydrogens is 721 g/mol. The van der Waals surface area contributed by atoms with Gasteiger partial charge in [-0.15, -0.1) is 0 Å². The van der Waals surface area contributed by atoms with Crippen molar-refractivity contribution in [2.24, 2.45) is 5.73 Å². The molecule has 0 aromatic rings. The Morgan fingerprint density at radius 1 is 0.536 bits per heavy atom. The molecule has 56 heavy (non-hydrogen) atoms. The molecule has 332 valence electrons. The second-order valence-electron chi connectivity index (χ2n) is 16.0. The third kappa shape index (κ3) is 44.1. The maximum absolute atomic E-state index is 12.6. The van der Waals surface area contributed by atoms with Gasteiger partial charge in [-0.25, -0.2) is 4.57 Å². The molecule has 2 unspecified atom stereocenters. The number of hydrogen-bond acceptors (Lipinski definition) is 7. The van der Waals surface area contributed by atoms with Gasteiger partial charge in [-0.3, -0.25) is 13.8 Å². The van der Waals surface area contributed by atoms with Crippen LogP contribution in [0.1, 0.15) is 232 Å². The van der Waals surface area contributed by atoms with E-state index in [-0.39, 0.29) is 32.3 Å². The lowest BCUT2D eigenvalue weighted by Gasteiger charge is -2.20. The lowest BCUT2D eigenvalue weighted by atomic mass is 10.0. The van der Waals surface area contributed by atoms with Crippen molar-refractivity contribution in [1.82, 2.24) is 0 Å². The summed E-state index contributed by atoms with van der Waals surface area (Å²) >= 11 is 0. The normalized spacial score (nSPS) is 13.6. The van der Waals surface area contributed by atoms with Gasteiger partial charge < -0.3 is 20.1 Å². The Kier molecular flexibility index (Phi) is 44.3. The number of phosphoric acid groups is 1. The molecule has 0 aromatic carbocycles. The van der Waals surface area contributed by atoms with Gasteiger partial charge in [0.25, 0.3) is 0 Å². The van der Waals surface area contributed by atoms with E-state index in [2.05, 4.69) is 38.2 Å². The summed E-state index contributed by atoms with van der Waals surface area (Å²) in [6.45, 7) is 4.93. The summed E-state index contributed by atoms with van der Waals surface area (Å²) in [6, 6.07) is 0. The molecule has 8 nitrogen and oxygen atoms in total. The number of esters is 1. The van der Waals surface area contributed by atoms with Crippen molar-refractivity contribution in [2.75, 3.05) is 33.0 Å². The van der Waals surface area contributed by atoms with E-state index in [1.165, 1.54) is 167 Å². The van der Waals surface area contributed by atoms with Gasteiger partial charge in [0.1, 0.15) is 6.10 Å². The summed E-state index contributed by atoms with van der Waals surface area (Å²) in [7, 11) is -4.28. The third-order valence-corrected chi connectivity index (χ3v) is 11.4. The van der Waals surface area contributed by atoms with Crippen molar-refractivity contribution in [1.29, 1.82) is 0 Å². The first kappa shape index (κ1) is 55.0. The predicted molar refractivity (Wildman–Crippen MR) is 238 cm³/mol. The first-order valence-electron chi connectivity index (χ1n) is 23.8. The summed E-state index contributed by atoms with van der Waals surface area (Å²) in [5.41, 5.74) is 5.38. The highest BCUT2D eigenvalue weighted by molar-refractivity contribution is 7.47. The Hall–Kier alpha value is -1.02. The Labute approximate surface area is 346 Å². The second kappa shape index (κ2) is 45.1. The Morgan fingerprint density at radius 3 is 1.41 bits per heavy atom. The maximum Gasteiger partial charge on any atom is 0.472 e. The van der Waals surface area contributed by atoms with Crippen molar-refractivity contribution in [2.45, 2.75) is 238 Å². The molecule has 0 fully saturated rings. The minimum atomic E-state index is -4.28. The molecule has 0 bridgehead atoms. The average Bonchev–Trinajstić information content (AvgIpc) is 3.19. The molecule has 0 saturated heterocycles. The summed E-state index contributed by atoms with van der Waals surface area (Å²) < 4.78 is 33.5. The fourth-order valence-corrected chi connectivity index (χ4v) is 7.62. The van der Waals surface area contributed by atoms with Crippen LogP contribution in [0, 0.1) is 0 Å². The molecule has 0 aliphatic heterocycles. The van der Waals surface area contributed by atoms with Crippen molar-refractivity contribution >= 4 is 13.8 Å². The van der Waals surface area contributed by atoms with Crippen LogP contribution in [0.5, 0.6) is 0 Å². The van der Waals surface area contributed by atoms with E-state index >= 15 is 0 Å². The molecule has 0 saturated carbocycles. The number of unbranched alkanes of at least 4 members (excludes halogenated alkanes) is 29. The lowest BCUT2D eigenvalue weighted by molar-refractivity contribution is -0.154. The average molecular weight is 814 g/mol. The molecule has 0 rings (SSSR count). The van der Waals surface area contributed by atoms with Crippen molar-refractivity contribution in [3.8, 4) is 0 Å². The molecule has 0 aliphatic rings. The van der Waals surface area contributed by atoms with Crippen LogP contribution in [0.25, 0.3) is 0 Å². The van der Waals surface area contributed by atoms with Gasteiger partial charge in [-0.2, -0.15) is 0 Å². The zero-order valence-electron chi connectivity index (χ0n) is 36.9. The molecule has 0 amide bonds. The van der Waals surface area contributed by atoms with E-state index in [0.29, 0.717) is 13.0 Å². The summed E-state index contributed by atoms with van der Waals surface area (Å²) in [4.78, 5) is 22.5. The highest BCUT2D eigenvalue weighted by Gasteiger charge is 2.25. The van der Waals surface area contributed by atoms with Crippen LogP contribution >= 0.6 is 7.82 Å². The highest BCUT2D eigenvalue weighted by Crippen LogP contribution is 2.43. The first-order chi connectivity index (χ1) is 27.4. The number of nitrogens with two attached hydrogens (primary N) is 1. The smallest absolute Gasteiger partial charge is 0.457 e. The van der Waals surface area contributed by atoms with E-state index in [1.54, 1.807) is 0 Å². The Bertz CT molecular complexity index is 915. The van der Waals surface area contributed by atoms with Crippen molar-refractivity contribution in [3.05, 3.63) is 24.3 Å². The molecule has 0 heterocycles. The third-order valence-electron chi connectivity index (χ3n) is 10.4. The fourth-order valence-electron chi connectivity index (χ4n) is 6.85. The van der Waals surface area contributed by atoms with Crippen molar-refractivity contribution in [3.63, 3.8) is 0 Å². The molecule has 0 aliphatic carbocycles. The van der Waals surface area contributed by atoms with E-state index in [4.69, 9.17) is 24.3 Å². The van der Waals surface area contributed by atoms with Crippen LogP contribution in [0.2, 0.25) is 0 Å². The van der Waals surface area contributed by atoms with Crippen LogP contribution in [0.15, 0.2) is 24.3 Å². The van der Waals surface area contributed by atoms with Crippen LogP contribution in [-0.4, -0.2) is 49.9 Å². The van der Waals surface area contributed by atoms with Gasteiger partial charge in [0.2, 0.25) is 0 Å². The number of rotatable bonds is 46. The molecule has 3 N–H and O–H groups in total. The standard InChI is InChI=1S/C47H92NO7P/c1-3-5-7-9-11-13-15-17-19-21-22-23-24-26-28-30-32-34-36-38-40-47(49)55-46(45-54-56(50,51)53-43-41-48)44-52-42-39-37-35-33-31-29-27-25-20-18-16-14-12-10-8-6-4-2/h14,16,20,25,46H,3-13,15,17-19,21-24,26-45,48H2,1-2H3,(H,50,51)/b16-14-,25-20-. The molecule has 9 heteroatoms. The van der Waals surface area contributed by atoms with Crippen LogP contribution in [0.4, 0.5) is 0 Å². The van der Waals surface area contributed by atoms with Crippen molar-refractivity contribution < 1.29 is 32.8 Å². The minimum Gasteiger partial charge on any atom is -0.457 e. The number of phosphoric ester groups is 1. The van der Waals surface area contributed by atoms with Gasteiger partial charge >= 0.3 is 13.8 Å². The number of hydrogen-bond donors (Lipinski definition) is 2. The topological polar surface area (TPSA) is 117 Å². The van der Waals surface area contributed by atoms with Crippen LogP contribution in [-0.2, 0) is 27.9 Å². The summed E-state index contributed by atoms with van der Waals surface area (Å²) in [5.74, 6) is -0.329. The molecule has 0 aromatic heterocycles. The highest BCUT2D eigenvalue weighted by atomic mass is 31.2. The van der Waals surface area contributed by atoms with Crippen LogP contribution in [0.3, 0.4) is 0 Å². The van der Waals surface area contributed by atoms with E-state index in [9.17, 15) is 14.3 Å². The summed E-state index contributed by atoms with van der Waals surface area (Å²) in [6.07, 6.45) is 50.6. The quantitative estimate of drug-likeness (QED) is 0.0270. The van der Waals surface area contributed by atoms with Gasteiger partial charge in [0, 0.05) is 19.6 Å². The monoisotopic (exact) mass is 814 g/mol. The zero-order chi connectivity index (χ0) is 40.9. The predicted octanol–water partition coefficient (Wildman–Crippen LogP) is 14.4. The molecule has 2 atom stereocenters. The fraction of sp³-hybridized carbons (Fsp3) is 0.894.